The molecule has 0 amide bonds. The van der Waals surface area contributed by atoms with E-state index in [4.69, 9.17) is 0 Å². The summed E-state index contributed by atoms with van der Waals surface area (Å²) in [5.74, 6) is -0.539. The Balaban J connectivity index is 2.33. The number of aliphatic hydroxyl groups is 1. The third-order valence-corrected chi connectivity index (χ3v) is 2.54. The van der Waals surface area contributed by atoms with Crippen molar-refractivity contribution in [2.75, 3.05) is 7.11 Å². The summed E-state index contributed by atoms with van der Waals surface area (Å²) in [4.78, 5) is 23.6. The van der Waals surface area contributed by atoms with Gasteiger partial charge in [-0.3, -0.25) is 9.97 Å². The maximum absolute atomic E-state index is 11.4. The fraction of sp³-hybridized carbons (Fsp3) is 0.231. The zero-order valence-corrected chi connectivity index (χ0v) is 10.6. The number of carbonyl (C=O) groups is 1. The first kappa shape index (κ1) is 13.1. The summed E-state index contributed by atoms with van der Waals surface area (Å²) in [6.07, 6.45) is 3.83. The number of ether oxygens (including phenoxy) is 1. The first-order valence-corrected chi connectivity index (χ1v) is 5.66. The molecule has 2 aromatic rings. The Hall–Kier alpha value is -2.34. The maximum Gasteiger partial charge on any atom is 0.358 e. The minimum atomic E-state index is -0.624. The van der Waals surface area contributed by atoms with Crippen molar-refractivity contribution in [3.05, 3.63) is 42.1 Å². The molecule has 0 saturated carbocycles. The van der Waals surface area contributed by atoms with E-state index < -0.39 is 12.1 Å². The van der Waals surface area contributed by atoms with Crippen LogP contribution in [0, 0.1) is 0 Å². The summed E-state index contributed by atoms with van der Waals surface area (Å²) in [6, 6.07) is 3.46. The van der Waals surface area contributed by atoms with Crippen LogP contribution in [0.25, 0.3) is 11.3 Å². The van der Waals surface area contributed by atoms with Crippen molar-refractivity contribution in [2.24, 2.45) is 0 Å². The highest BCUT2D eigenvalue weighted by Crippen LogP contribution is 2.17. The van der Waals surface area contributed by atoms with Crippen molar-refractivity contribution < 1.29 is 14.6 Å². The second-order valence-corrected chi connectivity index (χ2v) is 3.93. The minimum Gasteiger partial charge on any atom is -0.464 e. The standard InChI is InChI=1S/C13H13N3O3/c1-8(17)10-4-3-9(5-15-10)11-6-14-7-12(16-11)13(18)19-2/h3-8,17H,1-2H3. The molecule has 2 heterocycles. The van der Waals surface area contributed by atoms with Crippen LogP contribution < -0.4 is 0 Å². The largest absolute Gasteiger partial charge is 0.464 e. The highest BCUT2D eigenvalue weighted by Gasteiger charge is 2.10. The number of aliphatic hydroxyl groups excluding tert-OH is 1. The van der Waals surface area contributed by atoms with Gasteiger partial charge in [0.15, 0.2) is 5.69 Å². The van der Waals surface area contributed by atoms with Crippen LogP contribution in [0.5, 0.6) is 0 Å². The number of methoxy groups -OCH3 is 1. The maximum atomic E-state index is 11.4. The number of nitrogens with zero attached hydrogens (tertiary/aromatic N) is 3. The van der Waals surface area contributed by atoms with Crippen LogP contribution in [0.2, 0.25) is 0 Å². The molecule has 0 saturated heterocycles. The van der Waals surface area contributed by atoms with Crippen LogP contribution >= 0.6 is 0 Å². The monoisotopic (exact) mass is 259 g/mol. The fourth-order valence-corrected chi connectivity index (χ4v) is 1.51. The predicted octanol–water partition coefficient (Wildman–Crippen LogP) is 1.38. The molecule has 98 valence electrons. The number of carbonyl (C=O) groups excluding carboxylic acids is 1. The van der Waals surface area contributed by atoms with Crippen molar-refractivity contribution in [2.45, 2.75) is 13.0 Å². The lowest BCUT2D eigenvalue weighted by Gasteiger charge is -2.05. The second-order valence-electron chi connectivity index (χ2n) is 3.93. The summed E-state index contributed by atoms with van der Waals surface area (Å²) >= 11 is 0. The number of hydrogen-bond acceptors (Lipinski definition) is 6. The number of aromatic nitrogens is 3. The van der Waals surface area contributed by atoms with Crippen molar-refractivity contribution in [3.8, 4) is 11.3 Å². The number of pyridine rings is 1. The van der Waals surface area contributed by atoms with Crippen LogP contribution in [0.3, 0.4) is 0 Å². The summed E-state index contributed by atoms with van der Waals surface area (Å²) < 4.78 is 4.59. The van der Waals surface area contributed by atoms with Gasteiger partial charge in [0.1, 0.15) is 0 Å². The van der Waals surface area contributed by atoms with Crippen LogP contribution in [-0.4, -0.2) is 33.1 Å². The SMILES string of the molecule is COC(=O)c1cncc(-c2ccc(C(C)O)nc2)n1. The molecular weight excluding hydrogens is 246 g/mol. The number of hydrogen-bond donors (Lipinski definition) is 1. The van der Waals surface area contributed by atoms with Gasteiger partial charge in [-0.15, -0.1) is 0 Å². The molecule has 6 nitrogen and oxygen atoms in total. The fourth-order valence-electron chi connectivity index (χ4n) is 1.51. The Morgan fingerprint density at radius 2 is 2.11 bits per heavy atom. The van der Waals surface area contributed by atoms with E-state index in [1.54, 1.807) is 25.3 Å². The van der Waals surface area contributed by atoms with Gasteiger partial charge in [-0.25, -0.2) is 9.78 Å². The average molecular weight is 259 g/mol. The molecular formula is C13H13N3O3. The quantitative estimate of drug-likeness (QED) is 0.838. The minimum absolute atomic E-state index is 0.139. The van der Waals surface area contributed by atoms with Crippen LogP contribution in [0.4, 0.5) is 0 Å². The molecule has 19 heavy (non-hydrogen) atoms. The molecule has 0 aromatic carbocycles. The van der Waals surface area contributed by atoms with E-state index in [0.717, 1.165) is 0 Å². The third-order valence-electron chi connectivity index (χ3n) is 2.54. The van der Waals surface area contributed by atoms with E-state index in [1.807, 2.05) is 0 Å². The normalized spacial score (nSPS) is 11.9. The molecule has 0 aliphatic carbocycles. The first-order valence-electron chi connectivity index (χ1n) is 5.66. The van der Waals surface area contributed by atoms with E-state index in [1.165, 1.54) is 19.5 Å². The lowest BCUT2D eigenvalue weighted by molar-refractivity contribution is 0.0593. The Labute approximate surface area is 110 Å². The molecule has 1 atom stereocenters. The highest BCUT2D eigenvalue weighted by molar-refractivity contribution is 5.87. The van der Waals surface area contributed by atoms with Gasteiger partial charge >= 0.3 is 5.97 Å². The topological polar surface area (TPSA) is 85.2 Å². The molecule has 0 fully saturated rings. The van der Waals surface area contributed by atoms with Crippen molar-refractivity contribution in [1.82, 2.24) is 15.0 Å². The molecule has 2 rings (SSSR count). The van der Waals surface area contributed by atoms with Gasteiger partial charge < -0.3 is 9.84 Å². The van der Waals surface area contributed by atoms with Crippen molar-refractivity contribution in [1.29, 1.82) is 0 Å². The van der Waals surface area contributed by atoms with Gasteiger partial charge in [0.2, 0.25) is 0 Å². The predicted molar refractivity (Wildman–Crippen MR) is 67.2 cm³/mol. The molecule has 0 radical (unpaired) electrons. The summed E-state index contributed by atoms with van der Waals surface area (Å²) in [6.45, 7) is 1.64. The van der Waals surface area contributed by atoms with Gasteiger partial charge in [-0.1, -0.05) is 0 Å². The molecule has 1 N–H and O–H groups in total. The summed E-state index contributed by atoms with van der Waals surface area (Å²) in [7, 11) is 1.29. The summed E-state index contributed by atoms with van der Waals surface area (Å²) in [5, 5.41) is 9.38. The van der Waals surface area contributed by atoms with Gasteiger partial charge in [-0.05, 0) is 19.1 Å². The van der Waals surface area contributed by atoms with E-state index in [0.29, 0.717) is 17.0 Å². The molecule has 0 aliphatic heterocycles. The van der Waals surface area contributed by atoms with Gasteiger partial charge in [0.05, 0.1) is 37.0 Å². The molecule has 6 heteroatoms. The third kappa shape index (κ3) is 2.92. The number of esters is 1. The Kier molecular flexibility index (Phi) is 3.82. The number of rotatable bonds is 3. The zero-order chi connectivity index (χ0) is 13.8. The average Bonchev–Trinajstić information content (AvgIpc) is 2.46. The van der Waals surface area contributed by atoms with E-state index in [9.17, 15) is 9.90 Å². The second kappa shape index (κ2) is 5.53. The molecule has 0 spiro atoms. The molecule has 1 unspecified atom stereocenters. The van der Waals surface area contributed by atoms with Gasteiger partial charge in [0, 0.05) is 11.8 Å². The zero-order valence-electron chi connectivity index (χ0n) is 10.6. The smallest absolute Gasteiger partial charge is 0.358 e. The Bertz CT molecular complexity index is 582. The van der Waals surface area contributed by atoms with Crippen LogP contribution in [0.15, 0.2) is 30.7 Å². The molecule has 2 aromatic heterocycles. The lowest BCUT2D eigenvalue weighted by atomic mass is 10.1. The van der Waals surface area contributed by atoms with Gasteiger partial charge in [-0.2, -0.15) is 0 Å². The van der Waals surface area contributed by atoms with Crippen LogP contribution in [-0.2, 0) is 4.74 Å². The van der Waals surface area contributed by atoms with E-state index in [2.05, 4.69) is 19.7 Å². The van der Waals surface area contributed by atoms with Gasteiger partial charge in [0.25, 0.3) is 0 Å². The van der Waals surface area contributed by atoms with E-state index >= 15 is 0 Å². The molecule has 0 bridgehead atoms. The lowest BCUT2D eigenvalue weighted by Crippen LogP contribution is -2.05. The van der Waals surface area contributed by atoms with Crippen molar-refractivity contribution >= 4 is 5.97 Å². The summed E-state index contributed by atoms with van der Waals surface area (Å²) in [5.41, 5.74) is 1.94. The Morgan fingerprint density at radius 1 is 1.32 bits per heavy atom. The first-order chi connectivity index (χ1) is 9.11. The highest BCUT2D eigenvalue weighted by atomic mass is 16.5. The Morgan fingerprint density at radius 3 is 2.68 bits per heavy atom. The molecule has 0 aliphatic rings. The van der Waals surface area contributed by atoms with Crippen LogP contribution in [0.1, 0.15) is 29.2 Å². The van der Waals surface area contributed by atoms with Crippen molar-refractivity contribution in [3.63, 3.8) is 0 Å². The van der Waals surface area contributed by atoms with E-state index in [-0.39, 0.29) is 5.69 Å².